The second kappa shape index (κ2) is 6.33. The van der Waals surface area contributed by atoms with Crippen molar-refractivity contribution in [2.45, 2.75) is 18.7 Å². The van der Waals surface area contributed by atoms with Gasteiger partial charge in [0.1, 0.15) is 12.7 Å². The van der Waals surface area contributed by atoms with Crippen molar-refractivity contribution in [3.8, 4) is 5.82 Å². The largest absolute Gasteiger partial charge is 0.351 e. The molecule has 0 spiro atoms. The standard InChI is InChI=1S/C12H15N5OS/c1-9(19-2)12(18)15-6-10-3-4-11(14-5-10)17-8-13-7-16-17/h3-5,7-9H,6H2,1-2H3,(H,15,18). The summed E-state index contributed by atoms with van der Waals surface area (Å²) in [4.78, 5) is 19.8. The number of hydrogen-bond donors (Lipinski definition) is 1. The van der Waals surface area contributed by atoms with E-state index in [9.17, 15) is 4.79 Å². The Bertz CT molecular complexity index is 526. The summed E-state index contributed by atoms with van der Waals surface area (Å²) >= 11 is 1.52. The van der Waals surface area contributed by atoms with E-state index in [1.54, 1.807) is 17.2 Å². The van der Waals surface area contributed by atoms with Gasteiger partial charge in [-0.3, -0.25) is 4.79 Å². The number of aromatic nitrogens is 4. The molecule has 2 aromatic rings. The minimum atomic E-state index is -0.0395. The van der Waals surface area contributed by atoms with Crippen LogP contribution in [0.3, 0.4) is 0 Å². The van der Waals surface area contributed by atoms with Crippen molar-refractivity contribution in [1.82, 2.24) is 25.1 Å². The first kappa shape index (κ1) is 13.5. The van der Waals surface area contributed by atoms with Crippen molar-refractivity contribution in [2.24, 2.45) is 0 Å². The molecule has 0 saturated carbocycles. The fourth-order valence-corrected chi connectivity index (χ4v) is 1.72. The van der Waals surface area contributed by atoms with E-state index < -0.39 is 0 Å². The Kier molecular flexibility index (Phi) is 4.51. The Morgan fingerprint density at radius 3 is 2.95 bits per heavy atom. The highest BCUT2D eigenvalue weighted by Gasteiger charge is 2.10. The molecule has 0 radical (unpaired) electrons. The molecular formula is C12H15N5OS. The second-order valence-electron chi connectivity index (χ2n) is 3.96. The Balaban J connectivity index is 1.94. The smallest absolute Gasteiger partial charge is 0.233 e. The number of carbonyl (C=O) groups excluding carboxylic acids is 1. The molecule has 0 aromatic carbocycles. The number of hydrogen-bond acceptors (Lipinski definition) is 5. The third-order valence-electron chi connectivity index (χ3n) is 2.65. The molecule has 1 N–H and O–H groups in total. The zero-order valence-electron chi connectivity index (χ0n) is 10.8. The van der Waals surface area contributed by atoms with Gasteiger partial charge in [0.25, 0.3) is 0 Å². The fraction of sp³-hybridized carbons (Fsp3) is 0.333. The molecule has 2 aromatic heterocycles. The summed E-state index contributed by atoms with van der Waals surface area (Å²) < 4.78 is 1.58. The van der Waals surface area contributed by atoms with Crippen molar-refractivity contribution in [3.05, 3.63) is 36.5 Å². The van der Waals surface area contributed by atoms with Crippen LogP contribution in [-0.4, -0.2) is 37.2 Å². The van der Waals surface area contributed by atoms with Gasteiger partial charge in [0.2, 0.25) is 5.91 Å². The fourth-order valence-electron chi connectivity index (χ4n) is 1.42. The SMILES string of the molecule is CSC(C)C(=O)NCc1ccc(-n2cncn2)nc1. The van der Waals surface area contributed by atoms with Crippen LogP contribution in [0.1, 0.15) is 12.5 Å². The number of carbonyl (C=O) groups is 1. The topological polar surface area (TPSA) is 72.7 Å². The first-order chi connectivity index (χ1) is 9.20. The van der Waals surface area contributed by atoms with Gasteiger partial charge in [-0.1, -0.05) is 6.07 Å². The third kappa shape index (κ3) is 3.54. The van der Waals surface area contributed by atoms with E-state index in [0.29, 0.717) is 12.4 Å². The maximum absolute atomic E-state index is 11.6. The van der Waals surface area contributed by atoms with Crippen LogP contribution >= 0.6 is 11.8 Å². The summed E-state index contributed by atoms with van der Waals surface area (Å²) in [6.45, 7) is 2.36. The van der Waals surface area contributed by atoms with Gasteiger partial charge in [-0.05, 0) is 24.8 Å². The molecule has 0 bridgehead atoms. The first-order valence-corrected chi connectivity index (χ1v) is 7.10. The summed E-state index contributed by atoms with van der Waals surface area (Å²) in [5.74, 6) is 0.734. The molecule has 1 atom stereocenters. The molecule has 0 saturated heterocycles. The number of amides is 1. The Morgan fingerprint density at radius 2 is 2.37 bits per heavy atom. The van der Waals surface area contributed by atoms with Gasteiger partial charge in [0.05, 0.1) is 5.25 Å². The Hall–Kier alpha value is -1.89. The van der Waals surface area contributed by atoms with Crippen molar-refractivity contribution in [1.29, 1.82) is 0 Å². The van der Waals surface area contributed by atoms with Gasteiger partial charge < -0.3 is 5.32 Å². The average molecular weight is 277 g/mol. The average Bonchev–Trinajstić information content (AvgIpc) is 2.98. The quantitative estimate of drug-likeness (QED) is 0.883. The van der Waals surface area contributed by atoms with Crippen LogP contribution in [-0.2, 0) is 11.3 Å². The van der Waals surface area contributed by atoms with Crippen LogP contribution in [0.2, 0.25) is 0 Å². The summed E-state index contributed by atoms with van der Waals surface area (Å²) in [7, 11) is 0. The summed E-state index contributed by atoms with van der Waals surface area (Å²) in [6.07, 6.45) is 6.68. The maximum Gasteiger partial charge on any atom is 0.233 e. The molecule has 1 unspecified atom stereocenters. The lowest BCUT2D eigenvalue weighted by atomic mass is 10.2. The maximum atomic E-state index is 11.6. The van der Waals surface area contributed by atoms with E-state index in [-0.39, 0.29) is 11.2 Å². The predicted molar refractivity (Wildman–Crippen MR) is 74.0 cm³/mol. The lowest BCUT2D eigenvalue weighted by molar-refractivity contribution is -0.120. The predicted octanol–water partition coefficient (Wildman–Crippen LogP) is 1.03. The van der Waals surface area contributed by atoms with E-state index >= 15 is 0 Å². The van der Waals surface area contributed by atoms with Gasteiger partial charge in [-0.15, -0.1) is 0 Å². The first-order valence-electron chi connectivity index (χ1n) is 5.81. The third-order valence-corrected chi connectivity index (χ3v) is 3.57. The number of thioether (sulfide) groups is 1. The minimum Gasteiger partial charge on any atom is -0.351 e. The van der Waals surface area contributed by atoms with Gasteiger partial charge in [-0.25, -0.2) is 14.6 Å². The molecule has 7 heteroatoms. The molecule has 100 valence electrons. The van der Waals surface area contributed by atoms with Crippen LogP contribution in [0.25, 0.3) is 5.82 Å². The van der Waals surface area contributed by atoms with Crippen LogP contribution in [0.5, 0.6) is 0 Å². The summed E-state index contributed by atoms with van der Waals surface area (Å²) in [5.41, 5.74) is 0.950. The molecule has 0 fully saturated rings. The number of nitrogens with zero attached hydrogens (tertiary/aromatic N) is 4. The molecule has 19 heavy (non-hydrogen) atoms. The van der Waals surface area contributed by atoms with Gasteiger partial charge >= 0.3 is 0 Å². The van der Waals surface area contributed by atoms with Crippen LogP contribution in [0, 0.1) is 0 Å². The Morgan fingerprint density at radius 1 is 1.53 bits per heavy atom. The lowest BCUT2D eigenvalue weighted by Crippen LogP contribution is -2.30. The van der Waals surface area contributed by atoms with Gasteiger partial charge in [0.15, 0.2) is 5.82 Å². The highest BCUT2D eigenvalue weighted by Crippen LogP contribution is 2.06. The monoisotopic (exact) mass is 277 g/mol. The molecule has 2 rings (SSSR count). The van der Waals surface area contributed by atoms with Gasteiger partial charge in [0, 0.05) is 12.7 Å². The molecule has 0 aliphatic carbocycles. The number of rotatable bonds is 5. The molecule has 2 heterocycles. The molecule has 0 aliphatic heterocycles. The summed E-state index contributed by atoms with van der Waals surface area (Å²) in [6, 6.07) is 3.75. The highest BCUT2D eigenvalue weighted by atomic mass is 32.2. The Labute approximate surface area is 115 Å². The van der Waals surface area contributed by atoms with Crippen LogP contribution < -0.4 is 5.32 Å². The molecule has 0 aliphatic rings. The minimum absolute atomic E-state index is 0.0350. The van der Waals surface area contributed by atoms with E-state index in [1.165, 1.54) is 18.1 Å². The van der Waals surface area contributed by atoms with Crippen molar-refractivity contribution in [3.63, 3.8) is 0 Å². The lowest BCUT2D eigenvalue weighted by Gasteiger charge is -2.09. The molecular weight excluding hydrogens is 262 g/mol. The van der Waals surface area contributed by atoms with Gasteiger partial charge in [-0.2, -0.15) is 16.9 Å². The highest BCUT2D eigenvalue weighted by molar-refractivity contribution is 7.99. The molecule has 1 amide bonds. The van der Waals surface area contributed by atoms with E-state index in [0.717, 1.165) is 5.56 Å². The zero-order valence-corrected chi connectivity index (χ0v) is 11.6. The number of pyridine rings is 1. The molecule has 6 nitrogen and oxygen atoms in total. The summed E-state index contributed by atoms with van der Waals surface area (Å²) in [5, 5.41) is 6.83. The van der Waals surface area contributed by atoms with Crippen LogP contribution in [0.15, 0.2) is 31.0 Å². The van der Waals surface area contributed by atoms with E-state index in [1.807, 2.05) is 25.3 Å². The van der Waals surface area contributed by atoms with Crippen molar-refractivity contribution in [2.75, 3.05) is 6.26 Å². The van der Waals surface area contributed by atoms with Crippen molar-refractivity contribution >= 4 is 17.7 Å². The number of nitrogens with one attached hydrogen (secondary N) is 1. The normalized spacial score (nSPS) is 12.1. The van der Waals surface area contributed by atoms with Crippen LogP contribution in [0.4, 0.5) is 0 Å². The van der Waals surface area contributed by atoms with Crippen molar-refractivity contribution < 1.29 is 4.79 Å². The second-order valence-corrected chi connectivity index (χ2v) is 5.14. The van der Waals surface area contributed by atoms with E-state index in [4.69, 9.17) is 0 Å². The zero-order chi connectivity index (χ0) is 13.7. The van der Waals surface area contributed by atoms with E-state index in [2.05, 4.69) is 20.4 Å².